The number of thiophene rings is 1. The Kier molecular flexibility index (Phi) is 6.00. The van der Waals surface area contributed by atoms with Crippen molar-refractivity contribution in [1.29, 1.82) is 0 Å². The number of likely N-dealkylation sites (tertiary alicyclic amines) is 1. The molecule has 2 aromatic rings. The zero-order valence-corrected chi connectivity index (χ0v) is 15.9. The number of ether oxygens (including phenoxy) is 1. The van der Waals surface area contributed by atoms with E-state index in [-0.39, 0.29) is 24.2 Å². The second kappa shape index (κ2) is 8.41. The van der Waals surface area contributed by atoms with Gasteiger partial charge >= 0.3 is 5.97 Å². The molecule has 2 aromatic heterocycles. The van der Waals surface area contributed by atoms with E-state index in [9.17, 15) is 14.4 Å². The highest BCUT2D eigenvalue weighted by Crippen LogP contribution is 2.24. The lowest BCUT2D eigenvalue weighted by Crippen LogP contribution is -2.42. The van der Waals surface area contributed by atoms with Crippen molar-refractivity contribution in [1.82, 2.24) is 9.88 Å². The molecule has 0 aliphatic carbocycles. The number of thiazole rings is 1. The van der Waals surface area contributed by atoms with Gasteiger partial charge in [0.15, 0.2) is 5.13 Å². The van der Waals surface area contributed by atoms with Crippen LogP contribution in [0.2, 0.25) is 0 Å². The van der Waals surface area contributed by atoms with Crippen LogP contribution in [0.15, 0.2) is 22.9 Å². The fourth-order valence-electron chi connectivity index (χ4n) is 2.82. The molecule has 2 amide bonds. The van der Waals surface area contributed by atoms with E-state index in [2.05, 4.69) is 10.3 Å². The van der Waals surface area contributed by atoms with E-state index in [0.29, 0.717) is 35.3 Å². The highest BCUT2D eigenvalue weighted by atomic mass is 32.1. The van der Waals surface area contributed by atoms with Crippen LogP contribution in [-0.4, -0.2) is 46.9 Å². The van der Waals surface area contributed by atoms with E-state index in [1.54, 1.807) is 23.3 Å². The number of hydrogen-bond donors (Lipinski definition) is 1. The molecule has 26 heavy (non-hydrogen) atoms. The Morgan fingerprint density at radius 3 is 2.96 bits per heavy atom. The first kappa shape index (κ1) is 18.5. The van der Waals surface area contributed by atoms with Crippen LogP contribution in [0.5, 0.6) is 0 Å². The predicted octanol–water partition coefficient (Wildman–Crippen LogP) is 2.55. The molecule has 1 aliphatic rings. The molecule has 3 heterocycles. The Balaban J connectivity index is 1.61. The van der Waals surface area contributed by atoms with Gasteiger partial charge in [-0.05, 0) is 31.2 Å². The van der Waals surface area contributed by atoms with Crippen LogP contribution >= 0.6 is 22.7 Å². The van der Waals surface area contributed by atoms with Crippen molar-refractivity contribution >= 4 is 45.6 Å². The fourth-order valence-corrected chi connectivity index (χ4v) is 4.21. The topological polar surface area (TPSA) is 88.6 Å². The minimum Gasteiger partial charge on any atom is -0.466 e. The van der Waals surface area contributed by atoms with E-state index >= 15 is 0 Å². The van der Waals surface area contributed by atoms with Crippen LogP contribution in [0.1, 0.15) is 35.1 Å². The molecule has 1 atom stereocenters. The van der Waals surface area contributed by atoms with Crippen molar-refractivity contribution in [3.63, 3.8) is 0 Å². The lowest BCUT2D eigenvalue weighted by atomic mass is 10.2. The van der Waals surface area contributed by atoms with Crippen LogP contribution in [0.4, 0.5) is 5.13 Å². The maximum Gasteiger partial charge on any atom is 0.311 e. The molecule has 1 N–H and O–H groups in total. The summed E-state index contributed by atoms with van der Waals surface area (Å²) in [4.78, 5) is 43.2. The number of rotatable bonds is 6. The first-order valence-corrected chi connectivity index (χ1v) is 10.1. The first-order chi connectivity index (χ1) is 12.6. The largest absolute Gasteiger partial charge is 0.466 e. The number of amides is 2. The predicted molar refractivity (Wildman–Crippen MR) is 99.5 cm³/mol. The average molecular weight is 393 g/mol. The normalized spacial score (nSPS) is 16.5. The van der Waals surface area contributed by atoms with E-state index in [1.165, 1.54) is 22.7 Å². The Morgan fingerprint density at radius 2 is 2.23 bits per heavy atom. The third kappa shape index (κ3) is 4.28. The highest BCUT2D eigenvalue weighted by molar-refractivity contribution is 7.14. The lowest BCUT2D eigenvalue weighted by Gasteiger charge is -2.22. The maximum atomic E-state index is 12.6. The van der Waals surface area contributed by atoms with Gasteiger partial charge in [0.25, 0.3) is 5.91 Å². The number of hydrogen-bond acceptors (Lipinski definition) is 7. The maximum absolute atomic E-state index is 12.6. The van der Waals surface area contributed by atoms with Crippen LogP contribution in [0.25, 0.3) is 0 Å². The monoisotopic (exact) mass is 393 g/mol. The molecule has 0 spiro atoms. The Morgan fingerprint density at radius 1 is 1.38 bits per heavy atom. The molecule has 1 fully saturated rings. The summed E-state index contributed by atoms with van der Waals surface area (Å²) in [5, 5.41) is 6.75. The van der Waals surface area contributed by atoms with E-state index < -0.39 is 6.04 Å². The molecule has 9 heteroatoms. The highest BCUT2D eigenvalue weighted by Gasteiger charge is 2.35. The molecule has 1 aliphatic heterocycles. The summed E-state index contributed by atoms with van der Waals surface area (Å²) in [7, 11) is 0. The number of aromatic nitrogens is 1. The van der Waals surface area contributed by atoms with Gasteiger partial charge < -0.3 is 15.0 Å². The number of esters is 1. The Bertz CT molecular complexity index is 788. The fraction of sp³-hybridized carbons (Fsp3) is 0.412. The average Bonchev–Trinajstić information content (AvgIpc) is 3.36. The van der Waals surface area contributed by atoms with Crippen LogP contribution in [0.3, 0.4) is 0 Å². The van der Waals surface area contributed by atoms with Crippen molar-refractivity contribution in [3.05, 3.63) is 33.5 Å². The van der Waals surface area contributed by atoms with Gasteiger partial charge in [-0.1, -0.05) is 6.07 Å². The van der Waals surface area contributed by atoms with Gasteiger partial charge in [-0.25, -0.2) is 4.98 Å². The van der Waals surface area contributed by atoms with E-state index in [1.807, 2.05) is 11.4 Å². The van der Waals surface area contributed by atoms with Gasteiger partial charge in [-0.2, -0.15) is 0 Å². The Labute approximate surface area is 159 Å². The molecule has 0 aromatic carbocycles. The standard InChI is InChI=1S/C17H19N3O4S2/c1-2-24-14(21)9-11-10-26-17(18-11)19-15(22)12-5-3-7-20(12)16(23)13-6-4-8-25-13/h4,6,8,10,12H,2-3,5,7,9H2,1H3,(H,18,19,22)/t12-/m0/s1. The summed E-state index contributed by atoms with van der Waals surface area (Å²) in [5.74, 6) is -0.705. The van der Waals surface area contributed by atoms with Gasteiger partial charge in [0.2, 0.25) is 5.91 Å². The molecule has 138 valence electrons. The molecular formula is C17H19N3O4S2. The number of nitrogens with one attached hydrogen (secondary N) is 1. The molecule has 3 rings (SSSR count). The minimum atomic E-state index is -0.498. The molecular weight excluding hydrogens is 374 g/mol. The van der Waals surface area contributed by atoms with Crippen molar-refractivity contribution in [3.8, 4) is 0 Å². The van der Waals surface area contributed by atoms with Gasteiger partial charge in [-0.15, -0.1) is 22.7 Å². The number of nitrogens with zero attached hydrogens (tertiary/aromatic N) is 2. The number of anilines is 1. The summed E-state index contributed by atoms with van der Waals surface area (Å²) in [6.45, 7) is 2.64. The summed E-state index contributed by atoms with van der Waals surface area (Å²) in [6, 6.07) is 3.09. The van der Waals surface area contributed by atoms with Crippen molar-refractivity contribution < 1.29 is 19.1 Å². The molecule has 0 bridgehead atoms. The quantitative estimate of drug-likeness (QED) is 0.762. The van der Waals surface area contributed by atoms with Crippen molar-refractivity contribution in [2.24, 2.45) is 0 Å². The zero-order chi connectivity index (χ0) is 18.5. The van der Waals surface area contributed by atoms with Gasteiger partial charge in [-0.3, -0.25) is 14.4 Å². The van der Waals surface area contributed by atoms with Crippen LogP contribution < -0.4 is 5.32 Å². The summed E-state index contributed by atoms with van der Waals surface area (Å²) >= 11 is 2.62. The summed E-state index contributed by atoms with van der Waals surface area (Å²) in [6.07, 6.45) is 1.50. The summed E-state index contributed by atoms with van der Waals surface area (Å²) in [5.41, 5.74) is 0.557. The third-order valence-electron chi connectivity index (χ3n) is 3.96. The van der Waals surface area contributed by atoms with Crippen LogP contribution in [0, 0.1) is 0 Å². The Hall–Kier alpha value is -2.26. The zero-order valence-electron chi connectivity index (χ0n) is 14.3. The van der Waals surface area contributed by atoms with Crippen LogP contribution in [-0.2, 0) is 20.7 Å². The third-order valence-corrected chi connectivity index (χ3v) is 5.63. The van der Waals surface area contributed by atoms with Gasteiger partial charge in [0, 0.05) is 11.9 Å². The molecule has 0 unspecified atom stereocenters. The molecule has 7 nitrogen and oxygen atoms in total. The summed E-state index contributed by atoms with van der Waals surface area (Å²) < 4.78 is 4.89. The van der Waals surface area contributed by atoms with Crippen molar-refractivity contribution in [2.45, 2.75) is 32.2 Å². The minimum absolute atomic E-state index is 0.0760. The first-order valence-electron chi connectivity index (χ1n) is 8.34. The lowest BCUT2D eigenvalue weighted by molar-refractivity contribution is -0.142. The number of carbonyl (C=O) groups excluding carboxylic acids is 3. The van der Waals surface area contributed by atoms with Crippen molar-refractivity contribution in [2.75, 3.05) is 18.5 Å². The van der Waals surface area contributed by atoms with Gasteiger partial charge in [0.1, 0.15) is 6.04 Å². The second-order valence-electron chi connectivity index (χ2n) is 5.75. The van der Waals surface area contributed by atoms with E-state index in [4.69, 9.17) is 4.74 Å². The molecule has 0 radical (unpaired) electrons. The smallest absolute Gasteiger partial charge is 0.311 e. The molecule has 1 saturated heterocycles. The second-order valence-corrected chi connectivity index (χ2v) is 7.55. The number of carbonyl (C=O) groups is 3. The molecule has 0 saturated carbocycles. The van der Waals surface area contributed by atoms with Gasteiger partial charge in [0.05, 0.1) is 23.6 Å². The SMILES string of the molecule is CCOC(=O)Cc1csc(NC(=O)[C@@H]2CCCN2C(=O)c2cccs2)n1. The van der Waals surface area contributed by atoms with E-state index in [0.717, 1.165) is 6.42 Å².